The van der Waals surface area contributed by atoms with E-state index in [0.717, 1.165) is 0 Å². The molecule has 0 atom stereocenters. The summed E-state index contributed by atoms with van der Waals surface area (Å²) in [6.45, 7) is -0.253. The fraction of sp³-hybridized carbons (Fsp3) is 0.316. The van der Waals surface area contributed by atoms with Crippen LogP contribution in [0.15, 0.2) is 41.3 Å². The fourth-order valence-corrected chi connectivity index (χ4v) is 4.14. The van der Waals surface area contributed by atoms with E-state index in [1.54, 1.807) is 18.2 Å². The van der Waals surface area contributed by atoms with Crippen molar-refractivity contribution in [3.05, 3.63) is 41.7 Å². The molecular weight excluding hydrogens is 462 g/mol. The van der Waals surface area contributed by atoms with Crippen molar-refractivity contribution in [3.8, 4) is 0 Å². The number of nitrogens with zero attached hydrogens (tertiary/aromatic N) is 4. The minimum atomic E-state index is -4.34. The summed E-state index contributed by atoms with van der Waals surface area (Å²) < 4.78 is 32.0. The van der Waals surface area contributed by atoms with E-state index in [0.29, 0.717) is 16.5 Å². The number of aromatic nitrogens is 3. The topological polar surface area (TPSA) is 166 Å². The maximum Gasteiger partial charge on any atom is 0.335 e. The molecule has 0 spiro atoms. The van der Waals surface area contributed by atoms with Gasteiger partial charge in [0.05, 0.1) is 24.7 Å². The summed E-state index contributed by atoms with van der Waals surface area (Å²) in [5, 5.41) is 32.7. The number of aliphatic hydroxyl groups is 3. The molecule has 1 aromatic heterocycles. The lowest BCUT2D eigenvalue weighted by Crippen LogP contribution is -2.55. The van der Waals surface area contributed by atoms with Gasteiger partial charge in [-0.25, -0.2) is 0 Å². The number of rotatable bonds is 10. The molecule has 0 amide bonds. The van der Waals surface area contributed by atoms with Crippen LogP contribution in [0.3, 0.4) is 0 Å². The molecule has 0 fully saturated rings. The summed E-state index contributed by atoms with van der Waals surface area (Å²) in [7, 11) is -4.34. The van der Waals surface area contributed by atoms with E-state index in [1.807, 2.05) is 0 Å². The van der Waals surface area contributed by atoms with E-state index in [9.17, 15) is 28.3 Å². The van der Waals surface area contributed by atoms with E-state index >= 15 is 0 Å². The first-order valence-corrected chi connectivity index (χ1v) is 11.4. The summed E-state index contributed by atoms with van der Waals surface area (Å²) in [4.78, 5) is 12.4. The zero-order valence-electron chi connectivity index (χ0n) is 16.9. The molecule has 0 aliphatic carbocycles. The van der Waals surface area contributed by atoms with Crippen molar-refractivity contribution in [2.75, 3.05) is 44.8 Å². The van der Waals surface area contributed by atoms with Gasteiger partial charge >= 0.3 is 5.95 Å². The van der Waals surface area contributed by atoms with Gasteiger partial charge in [-0.2, -0.15) is 13.4 Å². The third-order valence-electron chi connectivity index (χ3n) is 5.00. The predicted octanol–water partition coefficient (Wildman–Crippen LogP) is 0.953. The second-order valence-corrected chi connectivity index (χ2v) is 8.76. The third kappa shape index (κ3) is 5.30. The van der Waals surface area contributed by atoms with E-state index in [2.05, 4.69) is 20.3 Å². The normalized spacial score (nSPS) is 12.3. The van der Waals surface area contributed by atoms with E-state index in [4.69, 9.17) is 11.6 Å². The van der Waals surface area contributed by atoms with Crippen molar-refractivity contribution < 1.29 is 28.3 Å². The lowest BCUT2D eigenvalue weighted by atomic mass is 10.1. The highest BCUT2D eigenvalue weighted by Crippen LogP contribution is 2.29. The first-order chi connectivity index (χ1) is 15.2. The van der Waals surface area contributed by atoms with Crippen molar-refractivity contribution in [2.24, 2.45) is 0 Å². The highest BCUT2D eigenvalue weighted by Gasteiger charge is 2.33. The number of fused-ring (bicyclic) bond motifs is 1. The number of quaternary nitrogens is 1. The highest BCUT2D eigenvalue weighted by atomic mass is 35.5. The van der Waals surface area contributed by atoms with Crippen molar-refractivity contribution in [1.29, 1.82) is 0 Å². The van der Waals surface area contributed by atoms with Gasteiger partial charge in [-0.05, 0) is 35.2 Å². The molecule has 5 N–H and O–H groups in total. The Morgan fingerprint density at radius 1 is 0.938 bits per heavy atom. The van der Waals surface area contributed by atoms with Crippen LogP contribution >= 0.6 is 11.6 Å². The standard InChI is InChI=1S/C19H22ClN5O6S/c20-17-22-18(24-19(23-17)25(6-9-26,7-10-27)8-11-28)21-16-3-1-2-13-12-14(32(29,30)31)4-5-15(13)16/h1-5,12,26-28H,6-11H2,(H-,21,22,23,24,29,30,31)/p+1. The Bertz CT molecular complexity index is 1190. The van der Waals surface area contributed by atoms with Crippen LogP contribution in [-0.2, 0) is 10.1 Å². The zero-order chi connectivity index (χ0) is 23.4. The predicted molar refractivity (Wildman–Crippen MR) is 120 cm³/mol. The molecule has 0 aliphatic heterocycles. The van der Waals surface area contributed by atoms with Gasteiger partial charge in [0.1, 0.15) is 19.6 Å². The molecule has 32 heavy (non-hydrogen) atoms. The number of aliphatic hydroxyl groups excluding tert-OH is 3. The lowest BCUT2D eigenvalue weighted by Gasteiger charge is -2.34. The summed E-state index contributed by atoms with van der Waals surface area (Å²) in [6.07, 6.45) is 0. The first-order valence-electron chi connectivity index (χ1n) is 9.60. The van der Waals surface area contributed by atoms with Crippen LogP contribution in [0.5, 0.6) is 0 Å². The molecule has 0 bridgehead atoms. The third-order valence-corrected chi connectivity index (χ3v) is 6.02. The van der Waals surface area contributed by atoms with E-state index < -0.39 is 10.1 Å². The van der Waals surface area contributed by atoms with Crippen LogP contribution in [0.1, 0.15) is 0 Å². The average Bonchev–Trinajstić information content (AvgIpc) is 2.73. The van der Waals surface area contributed by atoms with Gasteiger partial charge < -0.3 is 20.6 Å². The number of nitrogens with one attached hydrogen (secondary N) is 1. The maximum atomic E-state index is 11.4. The summed E-state index contributed by atoms with van der Waals surface area (Å²) in [5.41, 5.74) is 0.544. The molecule has 0 saturated carbocycles. The molecule has 3 rings (SSSR count). The van der Waals surface area contributed by atoms with Gasteiger partial charge in [0.15, 0.2) is 0 Å². The first kappa shape index (κ1) is 24.2. The average molecular weight is 485 g/mol. The fourth-order valence-electron chi connectivity index (χ4n) is 3.47. The molecule has 1 heterocycles. The Kier molecular flexibility index (Phi) is 7.56. The van der Waals surface area contributed by atoms with Crippen LogP contribution in [-0.4, -0.2) is 82.7 Å². The number of anilines is 2. The van der Waals surface area contributed by atoms with Crippen molar-refractivity contribution in [2.45, 2.75) is 4.90 Å². The highest BCUT2D eigenvalue weighted by molar-refractivity contribution is 7.85. The second-order valence-electron chi connectivity index (χ2n) is 7.00. The van der Waals surface area contributed by atoms with Crippen molar-refractivity contribution in [1.82, 2.24) is 19.4 Å². The molecule has 11 nitrogen and oxygen atoms in total. The quantitative estimate of drug-likeness (QED) is 0.206. The number of hydrogen-bond donors (Lipinski definition) is 5. The molecule has 13 heteroatoms. The maximum absolute atomic E-state index is 11.4. The largest absolute Gasteiger partial charge is 0.390 e. The summed E-state index contributed by atoms with van der Waals surface area (Å²) in [5.74, 6) is 0.251. The lowest BCUT2D eigenvalue weighted by molar-refractivity contribution is 0.132. The Morgan fingerprint density at radius 2 is 1.59 bits per heavy atom. The van der Waals surface area contributed by atoms with Gasteiger partial charge in [-0.3, -0.25) is 9.04 Å². The van der Waals surface area contributed by atoms with Crippen LogP contribution in [0, 0.1) is 0 Å². The SMILES string of the molecule is O=S(=O)(O)c1ccc2c(Nc3nc(Cl)nc([N+](CCO)(CCO)CCO)n3)cccc2c1. The van der Waals surface area contributed by atoms with Crippen LogP contribution in [0.25, 0.3) is 10.8 Å². The molecule has 0 saturated heterocycles. The number of hydrogen-bond acceptors (Lipinski definition) is 9. The van der Waals surface area contributed by atoms with Gasteiger partial charge in [0.2, 0.25) is 11.2 Å². The Balaban J connectivity index is 2.05. The van der Waals surface area contributed by atoms with Crippen LogP contribution in [0.4, 0.5) is 17.6 Å². The van der Waals surface area contributed by atoms with Crippen LogP contribution in [0.2, 0.25) is 5.28 Å². The molecule has 3 aromatic rings. The Morgan fingerprint density at radius 3 is 2.19 bits per heavy atom. The summed E-state index contributed by atoms with van der Waals surface area (Å²) >= 11 is 6.12. The van der Waals surface area contributed by atoms with E-state index in [1.165, 1.54) is 18.2 Å². The Labute approximate surface area is 189 Å². The van der Waals surface area contributed by atoms with Gasteiger partial charge in [0.25, 0.3) is 10.1 Å². The minimum absolute atomic E-state index is 0.0858. The minimum Gasteiger partial charge on any atom is -0.390 e. The number of benzene rings is 2. The van der Waals surface area contributed by atoms with E-state index in [-0.39, 0.29) is 66.0 Å². The Hall–Kier alpha value is -2.45. The van der Waals surface area contributed by atoms with Crippen molar-refractivity contribution >= 4 is 50.1 Å². The molecule has 0 aliphatic rings. The molecule has 0 unspecified atom stereocenters. The number of halogens is 1. The molecule has 0 radical (unpaired) electrons. The van der Waals surface area contributed by atoms with Gasteiger partial charge in [-0.1, -0.05) is 18.2 Å². The smallest absolute Gasteiger partial charge is 0.335 e. The van der Waals surface area contributed by atoms with Crippen LogP contribution < -0.4 is 9.80 Å². The van der Waals surface area contributed by atoms with Gasteiger partial charge in [-0.15, -0.1) is 9.97 Å². The summed E-state index contributed by atoms with van der Waals surface area (Å²) in [6, 6.07) is 9.25. The van der Waals surface area contributed by atoms with Crippen molar-refractivity contribution in [3.63, 3.8) is 0 Å². The second kappa shape index (κ2) is 10.0. The van der Waals surface area contributed by atoms with Gasteiger partial charge in [0, 0.05) is 11.1 Å². The molecular formula is C19H23ClN5O6S+. The molecule has 2 aromatic carbocycles. The monoisotopic (exact) mass is 484 g/mol. The molecule has 172 valence electrons. The zero-order valence-corrected chi connectivity index (χ0v) is 18.5.